The minimum absolute atomic E-state index is 0.134. The van der Waals surface area contributed by atoms with E-state index in [-0.39, 0.29) is 18.6 Å². The molecule has 0 saturated heterocycles. The number of hydrogen-bond acceptors (Lipinski definition) is 6. The Kier molecular flexibility index (Phi) is 7.54. The van der Waals surface area contributed by atoms with Crippen molar-refractivity contribution in [3.05, 3.63) is 77.7 Å². The fraction of sp³-hybridized carbons (Fsp3) is 0.250. The molecule has 0 aliphatic heterocycles. The Hall–Kier alpha value is -3.30. The largest absolute Gasteiger partial charge is 0.484 e. The van der Waals surface area contributed by atoms with Crippen LogP contribution >= 0.6 is 23.4 Å². The molecule has 8 nitrogen and oxygen atoms in total. The molecule has 2 aromatic heterocycles. The van der Waals surface area contributed by atoms with Gasteiger partial charge >= 0.3 is 0 Å². The minimum Gasteiger partial charge on any atom is -0.484 e. The Morgan fingerprint density at radius 1 is 1.06 bits per heavy atom. The van der Waals surface area contributed by atoms with Crippen LogP contribution in [0.25, 0.3) is 5.69 Å². The maximum Gasteiger partial charge on any atom is 0.238 e. The fourth-order valence-electron chi connectivity index (χ4n) is 3.27. The van der Waals surface area contributed by atoms with Crippen molar-refractivity contribution in [1.82, 2.24) is 24.5 Å². The Labute approximate surface area is 207 Å². The molecule has 0 fully saturated rings. The molecule has 0 radical (unpaired) electrons. The zero-order valence-corrected chi connectivity index (χ0v) is 20.6. The number of hydrogen-bond donors (Lipinski definition) is 1. The number of amides is 1. The molecule has 2 aromatic carbocycles. The lowest BCUT2D eigenvalue weighted by Gasteiger charge is -2.16. The molecule has 0 aliphatic rings. The highest BCUT2D eigenvalue weighted by Crippen LogP contribution is 2.28. The highest BCUT2D eigenvalue weighted by Gasteiger charge is 2.22. The van der Waals surface area contributed by atoms with E-state index in [2.05, 4.69) is 20.6 Å². The van der Waals surface area contributed by atoms with Gasteiger partial charge < -0.3 is 10.1 Å². The monoisotopic (exact) mass is 496 g/mol. The van der Waals surface area contributed by atoms with E-state index >= 15 is 0 Å². The van der Waals surface area contributed by atoms with Gasteiger partial charge in [0, 0.05) is 17.8 Å². The summed E-state index contributed by atoms with van der Waals surface area (Å²) in [5, 5.41) is 16.6. The van der Waals surface area contributed by atoms with E-state index < -0.39 is 5.25 Å². The van der Waals surface area contributed by atoms with Crippen molar-refractivity contribution in [2.75, 3.05) is 5.32 Å². The van der Waals surface area contributed by atoms with Crippen molar-refractivity contribution >= 4 is 35.1 Å². The average Bonchev–Trinajstić information content (AvgIpc) is 3.46. The van der Waals surface area contributed by atoms with Gasteiger partial charge in [0.05, 0.1) is 16.5 Å². The second kappa shape index (κ2) is 10.8. The van der Waals surface area contributed by atoms with Crippen LogP contribution in [0.1, 0.15) is 32.6 Å². The van der Waals surface area contributed by atoms with E-state index in [4.69, 9.17) is 16.3 Å². The lowest BCUT2D eigenvalue weighted by Crippen LogP contribution is -2.25. The fourth-order valence-corrected chi connectivity index (χ4v) is 4.35. The molecule has 1 amide bonds. The van der Waals surface area contributed by atoms with Crippen molar-refractivity contribution in [3.63, 3.8) is 0 Å². The van der Waals surface area contributed by atoms with Crippen LogP contribution in [0.5, 0.6) is 5.75 Å². The highest BCUT2D eigenvalue weighted by molar-refractivity contribution is 8.00. The lowest BCUT2D eigenvalue weighted by molar-refractivity contribution is -0.115. The van der Waals surface area contributed by atoms with Crippen LogP contribution < -0.4 is 10.1 Å². The number of carbonyl (C=O) groups excluding carboxylic acids is 1. The van der Waals surface area contributed by atoms with Crippen LogP contribution in [0.3, 0.4) is 0 Å². The normalized spacial score (nSPS) is 12.0. The summed E-state index contributed by atoms with van der Waals surface area (Å²) in [6.07, 6.45) is 1.67. The summed E-state index contributed by atoms with van der Waals surface area (Å²) in [5.74, 6) is 1.67. The van der Waals surface area contributed by atoms with Gasteiger partial charge in [-0.25, -0.2) is 4.68 Å². The van der Waals surface area contributed by atoms with Crippen LogP contribution in [0.2, 0.25) is 5.02 Å². The number of para-hydroxylation sites is 2. The van der Waals surface area contributed by atoms with E-state index in [1.807, 2.05) is 67.8 Å². The smallest absolute Gasteiger partial charge is 0.238 e. The summed E-state index contributed by atoms with van der Waals surface area (Å²) in [4.78, 5) is 12.9. The number of thioether (sulfide) groups is 1. The number of halogens is 1. The third kappa shape index (κ3) is 5.43. The van der Waals surface area contributed by atoms with E-state index in [0.29, 0.717) is 27.6 Å². The van der Waals surface area contributed by atoms with Gasteiger partial charge in [-0.05, 0) is 45.0 Å². The number of ether oxygens (including phenoxy) is 1. The molecule has 1 atom stereocenters. The van der Waals surface area contributed by atoms with Gasteiger partial charge in [0.15, 0.2) is 11.0 Å². The minimum atomic E-state index is -0.431. The van der Waals surface area contributed by atoms with Gasteiger partial charge in [0.25, 0.3) is 0 Å². The zero-order valence-electron chi connectivity index (χ0n) is 19.1. The third-order valence-corrected chi connectivity index (χ3v) is 6.33. The summed E-state index contributed by atoms with van der Waals surface area (Å²) in [6.45, 7) is 6.02. The molecule has 4 aromatic rings. The number of carbonyl (C=O) groups is 1. The molecule has 2 heterocycles. The highest BCUT2D eigenvalue weighted by atomic mass is 35.5. The van der Waals surface area contributed by atoms with Crippen LogP contribution in [-0.2, 0) is 11.4 Å². The first-order valence-electron chi connectivity index (χ1n) is 10.8. The van der Waals surface area contributed by atoms with Crippen molar-refractivity contribution in [3.8, 4) is 11.4 Å². The van der Waals surface area contributed by atoms with Gasteiger partial charge in [0.1, 0.15) is 18.2 Å². The van der Waals surface area contributed by atoms with Crippen LogP contribution in [0.4, 0.5) is 5.82 Å². The molecular weight excluding hydrogens is 472 g/mol. The molecule has 0 aliphatic carbocycles. The number of benzene rings is 2. The zero-order chi connectivity index (χ0) is 24.1. The number of rotatable bonds is 9. The second-order valence-electron chi connectivity index (χ2n) is 7.79. The van der Waals surface area contributed by atoms with Crippen molar-refractivity contribution in [2.45, 2.75) is 43.8 Å². The predicted octanol–water partition coefficient (Wildman–Crippen LogP) is 5.40. The second-order valence-corrected chi connectivity index (χ2v) is 9.51. The molecule has 34 heavy (non-hydrogen) atoms. The van der Waals surface area contributed by atoms with Crippen LogP contribution in [0.15, 0.2) is 72.0 Å². The van der Waals surface area contributed by atoms with Gasteiger partial charge in [-0.3, -0.25) is 9.36 Å². The summed E-state index contributed by atoms with van der Waals surface area (Å²) in [5.41, 5.74) is 0.873. The molecule has 10 heteroatoms. The first-order valence-corrected chi connectivity index (χ1v) is 12.1. The Bertz CT molecular complexity index is 1260. The van der Waals surface area contributed by atoms with Crippen molar-refractivity contribution in [2.24, 2.45) is 0 Å². The van der Waals surface area contributed by atoms with E-state index in [0.717, 1.165) is 5.69 Å². The van der Waals surface area contributed by atoms with Gasteiger partial charge in [-0.2, -0.15) is 5.10 Å². The van der Waals surface area contributed by atoms with Crippen LogP contribution in [0, 0.1) is 0 Å². The van der Waals surface area contributed by atoms with E-state index in [9.17, 15) is 4.79 Å². The van der Waals surface area contributed by atoms with Crippen molar-refractivity contribution < 1.29 is 9.53 Å². The van der Waals surface area contributed by atoms with Gasteiger partial charge in [-0.1, -0.05) is 53.7 Å². The SMILES string of the molecule is CC(Sc1nnc(COc2ccccc2Cl)n1-c1ccccc1)C(=O)Nc1ccnn1C(C)C. The number of aromatic nitrogens is 5. The van der Waals surface area contributed by atoms with Crippen LogP contribution in [-0.4, -0.2) is 35.7 Å². The molecule has 0 bridgehead atoms. The maximum absolute atomic E-state index is 12.9. The Morgan fingerprint density at radius 3 is 2.53 bits per heavy atom. The number of anilines is 1. The summed E-state index contributed by atoms with van der Waals surface area (Å²) >= 11 is 7.54. The molecule has 176 valence electrons. The van der Waals surface area contributed by atoms with Gasteiger partial charge in [-0.15, -0.1) is 10.2 Å². The standard InChI is InChI=1S/C24H25ClN6O2S/c1-16(2)31-21(13-14-26-31)27-23(32)17(3)34-24-29-28-22(30(24)18-9-5-4-6-10-18)15-33-20-12-8-7-11-19(20)25/h4-14,16-17H,15H2,1-3H3,(H,27,32). The summed E-state index contributed by atoms with van der Waals surface area (Å²) in [6, 6.07) is 18.9. The molecule has 1 N–H and O–H groups in total. The lowest BCUT2D eigenvalue weighted by atomic mass is 10.3. The van der Waals surface area contributed by atoms with E-state index in [1.165, 1.54) is 11.8 Å². The summed E-state index contributed by atoms with van der Waals surface area (Å²) in [7, 11) is 0. The topological polar surface area (TPSA) is 86.9 Å². The Morgan fingerprint density at radius 2 is 1.79 bits per heavy atom. The molecule has 1 unspecified atom stereocenters. The predicted molar refractivity (Wildman–Crippen MR) is 134 cm³/mol. The average molecular weight is 497 g/mol. The first-order chi connectivity index (χ1) is 16.4. The molecular formula is C24H25ClN6O2S. The van der Waals surface area contributed by atoms with Gasteiger partial charge in [0.2, 0.25) is 5.91 Å². The third-order valence-electron chi connectivity index (χ3n) is 4.97. The maximum atomic E-state index is 12.9. The number of nitrogens with zero attached hydrogens (tertiary/aromatic N) is 5. The molecule has 4 rings (SSSR count). The molecule has 0 spiro atoms. The number of nitrogens with one attached hydrogen (secondary N) is 1. The summed E-state index contributed by atoms with van der Waals surface area (Å²) < 4.78 is 9.57. The Balaban J connectivity index is 1.54. The quantitative estimate of drug-likeness (QED) is 0.312. The first kappa shape index (κ1) is 23.8. The van der Waals surface area contributed by atoms with Crippen molar-refractivity contribution in [1.29, 1.82) is 0 Å². The molecule has 0 saturated carbocycles. The van der Waals surface area contributed by atoms with E-state index in [1.54, 1.807) is 29.1 Å².